The number of carbonyl (C=O) groups is 2. The quantitative estimate of drug-likeness (QED) is 0.903. The van der Waals surface area contributed by atoms with Gasteiger partial charge in [0.25, 0.3) is 5.91 Å². The van der Waals surface area contributed by atoms with Crippen LogP contribution in [0.5, 0.6) is 5.75 Å². The Labute approximate surface area is 124 Å². The van der Waals surface area contributed by atoms with Crippen LogP contribution in [0.25, 0.3) is 0 Å². The highest BCUT2D eigenvalue weighted by Gasteiger charge is 2.27. The lowest BCUT2D eigenvalue weighted by Crippen LogP contribution is -2.45. The Bertz CT molecular complexity index is 480. The maximum Gasteiger partial charge on any atom is 0.303 e. The van der Waals surface area contributed by atoms with Crippen molar-refractivity contribution in [3.8, 4) is 5.75 Å². The second-order valence-electron chi connectivity index (χ2n) is 5.44. The summed E-state index contributed by atoms with van der Waals surface area (Å²) < 4.78 is 5.64. The van der Waals surface area contributed by atoms with Crippen LogP contribution in [-0.2, 0) is 9.59 Å². The minimum Gasteiger partial charge on any atom is -0.481 e. The molecule has 1 heterocycles. The number of hydrogen-bond acceptors (Lipinski definition) is 3. The summed E-state index contributed by atoms with van der Waals surface area (Å²) in [4.78, 5) is 24.8. The van der Waals surface area contributed by atoms with Crippen molar-refractivity contribution >= 4 is 11.9 Å². The van der Waals surface area contributed by atoms with Gasteiger partial charge in [-0.1, -0.05) is 18.2 Å². The van der Waals surface area contributed by atoms with E-state index in [1.54, 1.807) is 11.8 Å². The van der Waals surface area contributed by atoms with Gasteiger partial charge in [0, 0.05) is 19.5 Å². The molecule has 1 aliphatic rings. The number of carbonyl (C=O) groups excluding carboxylic acids is 1. The molecule has 1 N–H and O–H groups in total. The van der Waals surface area contributed by atoms with E-state index in [0.717, 1.165) is 12.8 Å². The monoisotopic (exact) mass is 291 g/mol. The van der Waals surface area contributed by atoms with Gasteiger partial charge in [0.15, 0.2) is 6.10 Å². The van der Waals surface area contributed by atoms with E-state index in [9.17, 15) is 9.59 Å². The molecule has 0 aliphatic carbocycles. The Hall–Kier alpha value is -2.04. The van der Waals surface area contributed by atoms with Gasteiger partial charge < -0.3 is 14.7 Å². The number of hydrogen-bond donors (Lipinski definition) is 1. The van der Waals surface area contributed by atoms with Gasteiger partial charge in [-0.25, -0.2) is 0 Å². The predicted molar refractivity (Wildman–Crippen MR) is 78.1 cm³/mol. The van der Waals surface area contributed by atoms with E-state index < -0.39 is 12.1 Å². The van der Waals surface area contributed by atoms with Gasteiger partial charge in [-0.05, 0) is 37.8 Å². The molecule has 0 radical (unpaired) electrons. The molecule has 21 heavy (non-hydrogen) atoms. The molecular weight excluding hydrogens is 270 g/mol. The Morgan fingerprint density at radius 1 is 1.29 bits per heavy atom. The van der Waals surface area contributed by atoms with Gasteiger partial charge >= 0.3 is 5.97 Å². The molecule has 1 unspecified atom stereocenters. The Balaban J connectivity index is 1.82. The van der Waals surface area contributed by atoms with Crippen LogP contribution >= 0.6 is 0 Å². The summed E-state index contributed by atoms with van der Waals surface area (Å²) in [5.41, 5.74) is 0. The Kier molecular flexibility index (Phi) is 5.20. The highest BCUT2D eigenvalue weighted by molar-refractivity contribution is 5.81. The molecule has 1 fully saturated rings. The molecule has 1 aromatic carbocycles. The number of amides is 1. The number of aliphatic carboxylic acids is 1. The molecule has 1 saturated heterocycles. The molecule has 0 bridgehead atoms. The van der Waals surface area contributed by atoms with Crippen LogP contribution in [0.1, 0.15) is 26.2 Å². The number of para-hydroxylation sites is 1. The molecule has 0 spiro atoms. The van der Waals surface area contributed by atoms with Crippen molar-refractivity contribution in [2.45, 2.75) is 32.3 Å². The minimum absolute atomic E-state index is 0.0346. The molecule has 5 heteroatoms. The minimum atomic E-state index is -0.763. The van der Waals surface area contributed by atoms with E-state index in [4.69, 9.17) is 9.84 Å². The lowest BCUT2D eigenvalue weighted by atomic mass is 9.93. The molecule has 1 amide bonds. The Morgan fingerprint density at radius 2 is 1.90 bits per heavy atom. The SMILES string of the molecule is CC(Oc1ccccc1)C(=O)N1CCC(CC(=O)O)CC1. The number of nitrogens with zero attached hydrogens (tertiary/aromatic N) is 1. The fraction of sp³-hybridized carbons (Fsp3) is 0.500. The first kappa shape index (κ1) is 15.4. The van der Waals surface area contributed by atoms with Crippen molar-refractivity contribution in [2.24, 2.45) is 5.92 Å². The van der Waals surface area contributed by atoms with Crippen molar-refractivity contribution in [3.63, 3.8) is 0 Å². The first-order valence-corrected chi connectivity index (χ1v) is 7.28. The van der Waals surface area contributed by atoms with Gasteiger partial charge in [0.1, 0.15) is 5.75 Å². The van der Waals surface area contributed by atoms with Gasteiger partial charge in [0.2, 0.25) is 0 Å². The van der Waals surface area contributed by atoms with Gasteiger partial charge in [-0.2, -0.15) is 0 Å². The van der Waals surface area contributed by atoms with E-state index in [1.807, 2.05) is 30.3 Å². The number of ether oxygens (including phenoxy) is 1. The third-order valence-electron chi connectivity index (χ3n) is 3.79. The molecule has 1 aromatic rings. The van der Waals surface area contributed by atoms with E-state index >= 15 is 0 Å². The highest BCUT2D eigenvalue weighted by atomic mass is 16.5. The van der Waals surface area contributed by atoms with E-state index in [-0.39, 0.29) is 18.2 Å². The molecule has 114 valence electrons. The van der Waals surface area contributed by atoms with Crippen molar-refractivity contribution in [1.82, 2.24) is 4.90 Å². The van der Waals surface area contributed by atoms with Crippen LogP contribution in [0.15, 0.2) is 30.3 Å². The number of piperidine rings is 1. The topological polar surface area (TPSA) is 66.8 Å². The number of carboxylic acid groups (broad SMARTS) is 1. The highest BCUT2D eigenvalue weighted by Crippen LogP contribution is 2.21. The fourth-order valence-electron chi connectivity index (χ4n) is 2.62. The third-order valence-corrected chi connectivity index (χ3v) is 3.79. The lowest BCUT2D eigenvalue weighted by molar-refractivity contribution is -0.140. The predicted octanol–water partition coefficient (Wildman–Crippen LogP) is 2.17. The summed E-state index contributed by atoms with van der Waals surface area (Å²) in [6, 6.07) is 9.27. The molecule has 0 saturated carbocycles. The lowest BCUT2D eigenvalue weighted by Gasteiger charge is -2.33. The normalized spacial score (nSPS) is 17.3. The molecule has 5 nitrogen and oxygen atoms in total. The van der Waals surface area contributed by atoms with Crippen molar-refractivity contribution in [3.05, 3.63) is 30.3 Å². The molecule has 2 rings (SSSR count). The summed E-state index contributed by atoms with van der Waals surface area (Å²) in [5.74, 6) is 0.0594. The van der Waals surface area contributed by atoms with E-state index in [1.165, 1.54) is 0 Å². The number of benzene rings is 1. The standard InChI is InChI=1S/C16H21NO4/c1-12(21-14-5-3-2-4-6-14)16(20)17-9-7-13(8-10-17)11-15(18)19/h2-6,12-13H,7-11H2,1H3,(H,18,19). The van der Waals surface area contributed by atoms with Crippen molar-refractivity contribution in [1.29, 1.82) is 0 Å². The van der Waals surface area contributed by atoms with Gasteiger partial charge in [0.05, 0.1) is 0 Å². The second-order valence-corrected chi connectivity index (χ2v) is 5.44. The Morgan fingerprint density at radius 3 is 2.48 bits per heavy atom. The first-order valence-electron chi connectivity index (χ1n) is 7.28. The summed E-state index contributed by atoms with van der Waals surface area (Å²) >= 11 is 0. The zero-order valence-corrected chi connectivity index (χ0v) is 12.2. The van der Waals surface area contributed by atoms with Crippen LogP contribution in [0, 0.1) is 5.92 Å². The molecule has 0 aromatic heterocycles. The van der Waals surface area contributed by atoms with E-state index in [0.29, 0.717) is 18.8 Å². The van der Waals surface area contributed by atoms with Crippen LogP contribution in [0.3, 0.4) is 0 Å². The molecular formula is C16H21NO4. The maximum atomic E-state index is 12.3. The average molecular weight is 291 g/mol. The summed E-state index contributed by atoms with van der Waals surface area (Å²) in [6.07, 6.45) is 1.16. The largest absolute Gasteiger partial charge is 0.481 e. The maximum absolute atomic E-state index is 12.3. The average Bonchev–Trinajstić information content (AvgIpc) is 2.47. The van der Waals surface area contributed by atoms with Crippen LogP contribution in [-0.4, -0.2) is 41.1 Å². The second kappa shape index (κ2) is 7.11. The summed E-state index contributed by atoms with van der Waals surface area (Å²) in [7, 11) is 0. The van der Waals surface area contributed by atoms with Crippen LogP contribution < -0.4 is 4.74 Å². The number of likely N-dealkylation sites (tertiary alicyclic amines) is 1. The fourth-order valence-corrected chi connectivity index (χ4v) is 2.62. The molecule has 1 aliphatic heterocycles. The number of rotatable bonds is 5. The summed E-state index contributed by atoms with van der Waals surface area (Å²) in [5, 5.41) is 8.79. The van der Waals surface area contributed by atoms with Crippen LogP contribution in [0.2, 0.25) is 0 Å². The zero-order valence-electron chi connectivity index (χ0n) is 12.2. The van der Waals surface area contributed by atoms with Gasteiger partial charge in [-0.3, -0.25) is 9.59 Å². The van der Waals surface area contributed by atoms with Crippen molar-refractivity contribution in [2.75, 3.05) is 13.1 Å². The van der Waals surface area contributed by atoms with Crippen molar-refractivity contribution < 1.29 is 19.4 Å². The smallest absolute Gasteiger partial charge is 0.303 e. The van der Waals surface area contributed by atoms with E-state index in [2.05, 4.69) is 0 Å². The zero-order chi connectivity index (χ0) is 15.2. The number of carboxylic acids is 1. The molecule has 1 atom stereocenters. The van der Waals surface area contributed by atoms with Gasteiger partial charge in [-0.15, -0.1) is 0 Å². The third kappa shape index (κ3) is 4.48. The van der Waals surface area contributed by atoms with Crippen LogP contribution in [0.4, 0.5) is 0 Å². The first-order chi connectivity index (χ1) is 10.1. The summed E-state index contributed by atoms with van der Waals surface area (Å²) in [6.45, 7) is 2.97.